The van der Waals surface area contributed by atoms with Crippen LogP contribution < -0.4 is 5.43 Å². The van der Waals surface area contributed by atoms with Crippen molar-refractivity contribution in [2.75, 3.05) is 0 Å². The van der Waals surface area contributed by atoms with Gasteiger partial charge in [0.1, 0.15) is 5.82 Å². The fraction of sp³-hybridized carbons (Fsp3) is 0.250. The zero-order valence-electron chi connectivity index (χ0n) is 8.81. The van der Waals surface area contributed by atoms with E-state index in [-0.39, 0.29) is 10.8 Å². The number of H-pyrrole nitrogens is 1. The Kier molecular flexibility index (Phi) is 2.97. The van der Waals surface area contributed by atoms with E-state index in [9.17, 15) is 9.18 Å². The Morgan fingerprint density at radius 2 is 2.19 bits per heavy atom. The van der Waals surface area contributed by atoms with Crippen LogP contribution in [0.15, 0.2) is 23.0 Å². The number of aryl methyl sites for hydroxylation is 1. The van der Waals surface area contributed by atoms with Crippen LogP contribution in [0.1, 0.15) is 19.0 Å². The molecule has 0 aliphatic carbocycles. The van der Waals surface area contributed by atoms with Gasteiger partial charge in [-0.05, 0) is 18.6 Å². The third-order valence-corrected chi connectivity index (χ3v) is 2.78. The molecule has 0 saturated carbocycles. The smallest absolute Gasteiger partial charge is 0.192 e. The highest BCUT2D eigenvalue weighted by molar-refractivity contribution is 6.35. The summed E-state index contributed by atoms with van der Waals surface area (Å²) in [6, 6.07) is 4.09. The predicted molar refractivity (Wildman–Crippen MR) is 63.5 cm³/mol. The van der Waals surface area contributed by atoms with E-state index in [1.54, 1.807) is 0 Å². The van der Waals surface area contributed by atoms with Crippen LogP contribution in [0, 0.1) is 5.82 Å². The maximum Gasteiger partial charge on any atom is 0.192 e. The fourth-order valence-corrected chi connectivity index (χ4v) is 1.95. The maximum absolute atomic E-state index is 13.5. The van der Waals surface area contributed by atoms with Crippen molar-refractivity contribution < 1.29 is 4.39 Å². The van der Waals surface area contributed by atoms with Gasteiger partial charge < -0.3 is 4.98 Å². The third kappa shape index (κ3) is 1.83. The number of rotatable bonds is 2. The summed E-state index contributed by atoms with van der Waals surface area (Å²) in [4.78, 5) is 14.7. The van der Waals surface area contributed by atoms with Crippen LogP contribution in [-0.2, 0) is 6.42 Å². The molecular weight excluding hydrogens is 229 g/mol. The first kappa shape index (κ1) is 11.1. The van der Waals surface area contributed by atoms with Gasteiger partial charge >= 0.3 is 0 Å². The van der Waals surface area contributed by atoms with Crippen molar-refractivity contribution in [3.63, 3.8) is 0 Å². The SMILES string of the molecule is CCCc1cc(=O)c2c(F)ccc(Cl)c2[nH]1. The Balaban J connectivity index is 2.81. The second-order valence-corrected chi connectivity index (χ2v) is 4.10. The molecule has 0 bridgehead atoms. The van der Waals surface area contributed by atoms with E-state index in [0.717, 1.165) is 18.5 Å². The van der Waals surface area contributed by atoms with E-state index in [2.05, 4.69) is 4.98 Å². The summed E-state index contributed by atoms with van der Waals surface area (Å²) < 4.78 is 13.5. The Morgan fingerprint density at radius 1 is 1.44 bits per heavy atom. The van der Waals surface area contributed by atoms with Gasteiger partial charge in [-0.1, -0.05) is 24.9 Å². The van der Waals surface area contributed by atoms with E-state index >= 15 is 0 Å². The highest BCUT2D eigenvalue weighted by Crippen LogP contribution is 2.22. The summed E-state index contributed by atoms with van der Waals surface area (Å²) >= 11 is 5.94. The van der Waals surface area contributed by atoms with Crippen LogP contribution >= 0.6 is 11.6 Å². The number of halogens is 2. The highest BCUT2D eigenvalue weighted by Gasteiger charge is 2.09. The summed E-state index contributed by atoms with van der Waals surface area (Å²) in [6.45, 7) is 2.01. The second kappa shape index (κ2) is 4.26. The predicted octanol–water partition coefficient (Wildman–Crippen LogP) is 3.27. The van der Waals surface area contributed by atoms with Crippen molar-refractivity contribution in [3.05, 3.63) is 45.0 Å². The minimum atomic E-state index is -0.538. The number of hydrogen-bond acceptors (Lipinski definition) is 1. The third-order valence-electron chi connectivity index (χ3n) is 2.46. The van der Waals surface area contributed by atoms with E-state index in [4.69, 9.17) is 11.6 Å². The first-order valence-electron chi connectivity index (χ1n) is 5.13. The molecule has 1 heterocycles. The van der Waals surface area contributed by atoms with Crippen LogP contribution in [0.3, 0.4) is 0 Å². The highest BCUT2D eigenvalue weighted by atomic mass is 35.5. The van der Waals surface area contributed by atoms with E-state index in [1.807, 2.05) is 6.92 Å². The average Bonchev–Trinajstić information content (AvgIpc) is 2.23. The fourth-order valence-electron chi connectivity index (χ4n) is 1.75. The molecule has 0 spiro atoms. The van der Waals surface area contributed by atoms with Crippen molar-refractivity contribution in [1.29, 1.82) is 0 Å². The molecule has 0 unspecified atom stereocenters. The van der Waals surface area contributed by atoms with E-state index in [1.165, 1.54) is 18.2 Å². The van der Waals surface area contributed by atoms with Gasteiger partial charge in [0, 0.05) is 11.8 Å². The standard InChI is InChI=1S/C12H11ClFNO/c1-2-3-7-6-10(16)11-9(14)5-4-8(13)12(11)15-7/h4-6H,2-3H2,1H3,(H,15,16). The van der Waals surface area contributed by atoms with Gasteiger partial charge in [-0.25, -0.2) is 4.39 Å². The van der Waals surface area contributed by atoms with Crippen LogP contribution in [-0.4, -0.2) is 4.98 Å². The number of aromatic nitrogens is 1. The summed E-state index contributed by atoms with van der Waals surface area (Å²) in [7, 11) is 0. The maximum atomic E-state index is 13.5. The van der Waals surface area contributed by atoms with Crippen molar-refractivity contribution >= 4 is 22.5 Å². The second-order valence-electron chi connectivity index (χ2n) is 3.69. The summed E-state index contributed by atoms with van der Waals surface area (Å²) in [5.41, 5.74) is 0.849. The van der Waals surface area contributed by atoms with Gasteiger partial charge in [0.25, 0.3) is 0 Å². The lowest BCUT2D eigenvalue weighted by Crippen LogP contribution is -2.07. The molecule has 1 aromatic heterocycles. The molecule has 2 nitrogen and oxygen atoms in total. The molecule has 84 valence electrons. The van der Waals surface area contributed by atoms with E-state index in [0.29, 0.717) is 10.5 Å². The van der Waals surface area contributed by atoms with Crippen LogP contribution in [0.25, 0.3) is 10.9 Å². The van der Waals surface area contributed by atoms with Gasteiger partial charge in [-0.2, -0.15) is 0 Å². The molecule has 2 aromatic rings. The Morgan fingerprint density at radius 3 is 2.88 bits per heavy atom. The number of hydrogen-bond donors (Lipinski definition) is 1. The molecule has 0 amide bonds. The molecule has 0 radical (unpaired) electrons. The number of fused-ring (bicyclic) bond motifs is 1. The molecule has 1 N–H and O–H groups in total. The summed E-state index contributed by atoms with van der Waals surface area (Å²) in [6.07, 6.45) is 1.66. The molecule has 0 saturated heterocycles. The van der Waals surface area contributed by atoms with E-state index < -0.39 is 5.82 Å². The molecule has 16 heavy (non-hydrogen) atoms. The molecule has 1 aromatic carbocycles. The number of nitrogens with one attached hydrogen (secondary N) is 1. The van der Waals surface area contributed by atoms with Gasteiger partial charge in [0.05, 0.1) is 15.9 Å². The molecular formula is C12H11ClFNO. The average molecular weight is 240 g/mol. The Labute approximate surface area is 97.1 Å². The number of pyridine rings is 1. The largest absolute Gasteiger partial charge is 0.357 e. The summed E-state index contributed by atoms with van der Waals surface area (Å²) in [5, 5.41) is 0.402. The lowest BCUT2D eigenvalue weighted by molar-refractivity contribution is 0.639. The van der Waals surface area contributed by atoms with Crippen LogP contribution in [0.2, 0.25) is 5.02 Å². The minimum absolute atomic E-state index is 0.0346. The first-order chi connectivity index (χ1) is 7.63. The molecule has 0 aliphatic heterocycles. The molecule has 0 fully saturated rings. The van der Waals surface area contributed by atoms with Gasteiger partial charge in [0.2, 0.25) is 0 Å². The van der Waals surface area contributed by atoms with Gasteiger partial charge in [-0.3, -0.25) is 4.79 Å². The van der Waals surface area contributed by atoms with Gasteiger partial charge in [-0.15, -0.1) is 0 Å². The first-order valence-corrected chi connectivity index (χ1v) is 5.51. The van der Waals surface area contributed by atoms with Crippen molar-refractivity contribution in [2.24, 2.45) is 0 Å². The van der Waals surface area contributed by atoms with Crippen molar-refractivity contribution in [1.82, 2.24) is 4.98 Å². The topological polar surface area (TPSA) is 32.9 Å². The number of benzene rings is 1. The molecule has 4 heteroatoms. The monoisotopic (exact) mass is 239 g/mol. The zero-order valence-corrected chi connectivity index (χ0v) is 9.57. The lowest BCUT2D eigenvalue weighted by Gasteiger charge is -2.05. The molecule has 0 atom stereocenters. The van der Waals surface area contributed by atoms with Crippen LogP contribution in [0.5, 0.6) is 0 Å². The van der Waals surface area contributed by atoms with Crippen molar-refractivity contribution in [3.8, 4) is 0 Å². The van der Waals surface area contributed by atoms with Crippen molar-refractivity contribution in [2.45, 2.75) is 19.8 Å². The lowest BCUT2D eigenvalue weighted by atomic mass is 10.1. The molecule has 0 aliphatic rings. The zero-order chi connectivity index (χ0) is 11.7. The summed E-state index contributed by atoms with van der Waals surface area (Å²) in [5.74, 6) is -0.538. The Bertz CT molecular complexity index is 591. The quantitative estimate of drug-likeness (QED) is 0.857. The molecule has 2 rings (SSSR count). The number of aromatic amines is 1. The van der Waals surface area contributed by atoms with Gasteiger partial charge in [0.15, 0.2) is 5.43 Å². The minimum Gasteiger partial charge on any atom is -0.357 e. The van der Waals surface area contributed by atoms with Crippen LogP contribution in [0.4, 0.5) is 4.39 Å². The Hall–Kier alpha value is -1.35. The normalized spacial score (nSPS) is 10.9.